The molecule has 6 nitrogen and oxygen atoms in total. The second-order valence-electron chi connectivity index (χ2n) is 6.11. The molecule has 0 bridgehead atoms. The van der Waals surface area contributed by atoms with Crippen LogP contribution in [0.5, 0.6) is 11.5 Å². The first-order valence-corrected chi connectivity index (χ1v) is 8.96. The second kappa shape index (κ2) is 9.41. The van der Waals surface area contributed by atoms with E-state index in [1.165, 1.54) is 20.3 Å². The number of hydrogen-bond donors (Lipinski definition) is 1. The second-order valence-corrected chi connectivity index (χ2v) is 6.11. The first-order chi connectivity index (χ1) is 14.1. The Morgan fingerprint density at radius 2 is 1.52 bits per heavy atom. The predicted octanol–water partition coefficient (Wildman–Crippen LogP) is 4.17. The number of para-hydroxylation sites is 1. The van der Waals surface area contributed by atoms with Crippen LogP contribution in [0.2, 0.25) is 0 Å². The number of hydrogen-bond acceptors (Lipinski definition) is 5. The van der Waals surface area contributed by atoms with Crippen LogP contribution >= 0.6 is 0 Å². The zero-order chi connectivity index (χ0) is 20.6. The summed E-state index contributed by atoms with van der Waals surface area (Å²) < 4.78 is 15.5. The Bertz CT molecular complexity index is 1000. The molecule has 0 radical (unpaired) electrons. The molecule has 0 unspecified atom stereocenters. The van der Waals surface area contributed by atoms with Crippen LogP contribution in [0.25, 0.3) is 11.1 Å². The van der Waals surface area contributed by atoms with Crippen LogP contribution < -0.4 is 14.8 Å². The standard InChI is InChI=1S/C23H21NO5/c1-27-20-13-12-17(14-21(20)28-2)23(26)29-15-22(25)24-19-11-7-6-10-18(19)16-8-4-3-5-9-16/h3-14H,15H2,1-2H3,(H,24,25). The summed E-state index contributed by atoms with van der Waals surface area (Å²) in [5.41, 5.74) is 2.77. The Morgan fingerprint density at radius 1 is 0.828 bits per heavy atom. The highest BCUT2D eigenvalue weighted by molar-refractivity contribution is 5.98. The van der Waals surface area contributed by atoms with E-state index in [0.717, 1.165) is 11.1 Å². The van der Waals surface area contributed by atoms with Crippen molar-refractivity contribution in [1.29, 1.82) is 0 Å². The van der Waals surface area contributed by atoms with Gasteiger partial charge in [0.15, 0.2) is 18.1 Å². The molecule has 3 rings (SSSR count). The fourth-order valence-electron chi connectivity index (χ4n) is 2.83. The van der Waals surface area contributed by atoms with Crippen LogP contribution in [-0.2, 0) is 9.53 Å². The molecule has 29 heavy (non-hydrogen) atoms. The molecule has 0 aliphatic carbocycles. The lowest BCUT2D eigenvalue weighted by molar-refractivity contribution is -0.119. The average molecular weight is 391 g/mol. The third-order valence-electron chi connectivity index (χ3n) is 4.24. The van der Waals surface area contributed by atoms with Crippen molar-refractivity contribution in [2.75, 3.05) is 26.1 Å². The van der Waals surface area contributed by atoms with Crippen molar-refractivity contribution < 1.29 is 23.8 Å². The number of ether oxygens (including phenoxy) is 3. The fraction of sp³-hybridized carbons (Fsp3) is 0.130. The van der Waals surface area contributed by atoms with Crippen LogP contribution in [0.3, 0.4) is 0 Å². The summed E-state index contributed by atoms with van der Waals surface area (Å²) in [5, 5.41) is 2.80. The van der Waals surface area contributed by atoms with Crippen molar-refractivity contribution >= 4 is 17.6 Å². The summed E-state index contributed by atoms with van der Waals surface area (Å²) in [7, 11) is 2.98. The summed E-state index contributed by atoms with van der Waals surface area (Å²) in [6.45, 7) is -0.406. The quantitative estimate of drug-likeness (QED) is 0.612. The number of nitrogens with one attached hydrogen (secondary N) is 1. The van der Waals surface area contributed by atoms with E-state index in [2.05, 4.69) is 5.32 Å². The van der Waals surface area contributed by atoms with E-state index in [1.807, 2.05) is 48.5 Å². The third kappa shape index (κ3) is 4.93. The Kier molecular flexibility index (Phi) is 6.47. The average Bonchev–Trinajstić information content (AvgIpc) is 2.78. The zero-order valence-electron chi connectivity index (χ0n) is 16.2. The number of amides is 1. The van der Waals surface area contributed by atoms with Crippen LogP contribution in [-0.4, -0.2) is 32.7 Å². The maximum absolute atomic E-state index is 12.3. The number of anilines is 1. The van der Waals surface area contributed by atoms with Crippen molar-refractivity contribution in [2.24, 2.45) is 0 Å². The van der Waals surface area contributed by atoms with Gasteiger partial charge >= 0.3 is 5.97 Å². The molecule has 0 saturated heterocycles. The molecule has 0 fully saturated rings. The van der Waals surface area contributed by atoms with Gasteiger partial charge in [0.2, 0.25) is 0 Å². The van der Waals surface area contributed by atoms with Gasteiger partial charge in [-0.05, 0) is 29.8 Å². The van der Waals surface area contributed by atoms with Crippen molar-refractivity contribution in [2.45, 2.75) is 0 Å². The highest BCUT2D eigenvalue weighted by Gasteiger charge is 2.14. The zero-order valence-corrected chi connectivity index (χ0v) is 16.2. The topological polar surface area (TPSA) is 73.9 Å². The van der Waals surface area contributed by atoms with Gasteiger partial charge in [-0.25, -0.2) is 4.79 Å². The van der Waals surface area contributed by atoms with E-state index < -0.39 is 18.5 Å². The molecule has 0 spiro atoms. The molecule has 3 aromatic carbocycles. The first kappa shape index (κ1) is 19.9. The SMILES string of the molecule is COc1ccc(C(=O)OCC(=O)Nc2ccccc2-c2ccccc2)cc1OC. The Balaban J connectivity index is 1.65. The van der Waals surface area contributed by atoms with Gasteiger partial charge in [0.25, 0.3) is 5.91 Å². The molecule has 3 aromatic rings. The van der Waals surface area contributed by atoms with Crippen LogP contribution in [0.4, 0.5) is 5.69 Å². The maximum atomic E-state index is 12.3. The lowest BCUT2D eigenvalue weighted by Gasteiger charge is -2.12. The Labute approximate surface area is 169 Å². The molecule has 0 saturated carbocycles. The minimum atomic E-state index is -0.627. The lowest BCUT2D eigenvalue weighted by Crippen LogP contribution is -2.21. The smallest absolute Gasteiger partial charge is 0.338 e. The summed E-state index contributed by atoms with van der Waals surface area (Å²) in [4.78, 5) is 24.6. The number of esters is 1. The van der Waals surface area contributed by atoms with Crippen molar-refractivity contribution in [1.82, 2.24) is 0 Å². The molecule has 1 N–H and O–H groups in total. The van der Waals surface area contributed by atoms with Crippen LogP contribution in [0, 0.1) is 0 Å². The normalized spacial score (nSPS) is 10.1. The maximum Gasteiger partial charge on any atom is 0.338 e. The summed E-state index contributed by atoms with van der Waals surface area (Å²) >= 11 is 0. The van der Waals surface area contributed by atoms with E-state index in [0.29, 0.717) is 17.2 Å². The highest BCUT2D eigenvalue weighted by Crippen LogP contribution is 2.28. The molecule has 0 aliphatic heterocycles. The third-order valence-corrected chi connectivity index (χ3v) is 4.24. The van der Waals surface area contributed by atoms with E-state index in [-0.39, 0.29) is 5.56 Å². The van der Waals surface area contributed by atoms with E-state index in [9.17, 15) is 9.59 Å². The van der Waals surface area contributed by atoms with Crippen LogP contribution in [0.15, 0.2) is 72.8 Å². The van der Waals surface area contributed by atoms with Gasteiger partial charge in [-0.3, -0.25) is 4.79 Å². The number of methoxy groups -OCH3 is 2. The molecule has 0 aliphatic rings. The summed E-state index contributed by atoms with van der Waals surface area (Å²) in [6.07, 6.45) is 0. The largest absolute Gasteiger partial charge is 0.493 e. The minimum Gasteiger partial charge on any atom is -0.493 e. The number of carbonyl (C=O) groups excluding carboxylic acids is 2. The molecule has 0 aromatic heterocycles. The monoisotopic (exact) mass is 391 g/mol. The summed E-state index contributed by atoms with van der Waals surface area (Å²) in [6, 6.07) is 21.8. The lowest BCUT2D eigenvalue weighted by atomic mass is 10.0. The van der Waals surface area contributed by atoms with Crippen molar-refractivity contribution in [3.63, 3.8) is 0 Å². The van der Waals surface area contributed by atoms with Gasteiger partial charge in [-0.2, -0.15) is 0 Å². The van der Waals surface area contributed by atoms with E-state index >= 15 is 0 Å². The number of rotatable bonds is 7. The molecule has 6 heteroatoms. The minimum absolute atomic E-state index is 0.264. The van der Waals surface area contributed by atoms with Gasteiger partial charge in [-0.1, -0.05) is 48.5 Å². The molecule has 0 atom stereocenters. The first-order valence-electron chi connectivity index (χ1n) is 8.96. The van der Waals surface area contributed by atoms with Gasteiger partial charge in [0.05, 0.1) is 19.8 Å². The van der Waals surface area contributed by atoms with Crippen molar-refractivity contribution in [3.05, 3.63) is 78.4 Å². The molecular weight excluding hydrogens is 370 g/mol. The number of benzene rings is 3. The van der Waals surface area contributed by atoms with Gasteiger partial charge in [-0.15, -0.1) is 0 Å². The summed E-state index contributed by atoms with van der Waals surface area (Å²) in [5.74, 6) is -0.151. The van der Waals surface area contributed by atoms with E-state index in [1.54, 1.807) is 18.2 Å². The van der Waals surface area contributed by atoms with Gasteiger partial charge in [0.1, 0.15) is 0 Å². The molecular formula is C23H21NO5. The molecule has 148 valence electrons. The predicted molar refractivity (Wildman–Crippen MR) is 110 cm³/mol. The van der Waals surface area contributed by atoms with Gasteiger partial charge in [0, 0.05) is 11.3 Å². The van der Waals surface area contributed by atoms with E-state index in [4.69, 9.17) is 14.2 Å². The van der Waals surface area contributed by atoms with Crippen LogP contribution in [0.1, 0.15) is 10.4 Å². The fourth-order valence-corrected chi connectivity index (χ4v) is 2.83. The molecule has 0 heterocycles. The number of carbonyl (C=O) groups is 2. The van der Waals surface area contributed by atoms with Gasteiger partial charge < -0.3 is 19.5 Å². The highest BCUT2D eigenvalue weighted by atomic mass is 16.5. The Hall–Kier alpha value is -3.80. The molecule has 1 amide bonds. The Morgan fingerprint density at radius 3 is 2.24 bits per heavy atom. The van der Waals surface area contributed by atoms with Crippen molar-refractivity contribution in [3.8, 4) is 22.6 Å².